The largest absolute Gasteiger partial charge is 0.356 e. The summed E-state index contributed by atoms with van der Waals surface area (Å²) in [6.07, 6.45) is 4.93. The maximum Gasteiger partial charge on any atom is 0.220 e. The summed E-state index contributed by atoms with van der Waals surface area (Å²) in [5.41, 5.74) is 0. The number of amides is 1. The van der Waals surface area contributed by atoms with Gasteiger partial charge in [0.2, 0.25) is 5.91 Å². The molecule has 1 saturated heterocycles. The van der Waals surface area contributed by atoms with Gasteiger partial charge in [-0.15, -0.1) is 0 Å². The van der Waals surface area contributed by atoms with Crippen molar-refractivity contribution in [2.24, 2.45) is 0 Å². The number of aromatic amines is 1. The molecule has 5 heteroatoms. The van der Waals surface area contributed by atoms with Crippen molar-refractivity contribution in [3.8, 4) is 0 Å². The molecule has 2 rings (SSSR count). The van der Waals surface area contributed by atoms with Crippen LogP contribution in [-0.2, 0) is 4.79 Å². The minimum absolute atomic E-state index is 0.204. The minimum atomic E-state index is 0.204. The lowest BCUT2D eigenvalue weighted by molar-refractivity contribution is -0.119. The van der Waals surface area contributed by atoms with E-state index < -0.39 is 0 Å². The highest BCUT2D eigenvalue weighted by Crippen LogP contribution is 1.93. The van der Waals surface area contributed by atoms with Gasteiger partial charge in [0, 0.05) is 13.0 Å². The number of nitrogens with one attached hydrogen (secondary N) is 2. The number of aromatic nitrogens is 3. The smallest absolute Gasteiger partial charge is 0.220 e. The van der Waals surface area contributed by atoms with Gasteiger partial charge in [-0.05, 0) is 6.42 Å². The molecule has 2 heterocycles. The first kappa shape index (κ1) is 7.71. The molecule has 2 N–H and O–H groups in total. The maximum absolute atomic E-state index is 10.1. The van der Waals surface area contributed by atoms with Crippen molar-refractivity contribution in [2.75, 3.05) is 6.54 Å². The molecule has 0 unspecified atom stereocenters. The molecule has 0 spiro atoms. The third kappa shape index (κ3) is 3.34. The molecular weight excluding hydrogens is 144 g/mol. The second kappa shape index (κ2) is 4.43. The van der Waals surface area contributed by atoms with E-state index >= 15 is 0 Å². The second-order valence-corrected chi connectivity index (χ2v) is 2.11. The number of carbonyl (C=O) groups is 1. The lowest BCUT2D eigenvalue weighted by atomic mass is 10.4. The molecule has 0 radical (unpaired) electrons. The van der Waals surface area contributed by atoms with Gasteiger partial charge in [0.1, 0.15) is 0 Å². The van der Waals surface area contributed by atoms with Crippen molar-refractivity contribution in [2.45, 2.75) is 12.8 Å². The highest BCUT2D eigenvalue weighted by molar-refractivity contribution is 5.77. The maximum atomic E-state index is 10.1. The number of hydrogen-bond donors (Lipinski definition) is 2. The molecule has 5 nitrogen and oxygen atoms in total. The quantitative estimate of drug-likeness (QED) is 0.539. The Balaban J connectivity index is 0.000000112. The van der Waals surface area contributed by atoms with Gasteiger partial charge in [-0.2, -0.15) is 15.4 Å². The van der Waals surface area contributed by atoms with Gasteiger partial charge in [-0.25, -0.2) is 0 Å². The zero-order valence-corrected chi connectivity index (χ0v) is 6.08. The molecule has 1 aromatic heterocycles. The Bertz CT molecular complexity index is 171. The average molecular weight is 154 g/mol. The van der Waals surface area contributed by atoms with Crippen LogP contribution in [0.4, 0.5) is 0 Å². The zero-order valence-electron chi connectivity index (χ0n) is 6.08. The van der Waals surface area contributed by atoms with E-state index in [1.54, 1.807) is 12.4 Å². The number of carbonyl (C=O) groups excluding carboxylic acids is 1. The molecule has 1 aliphatic rings. The van der Waals surface area contributed by atoms with Crippen LogP contribution in [0.5, 0.6) is 0 Å². The van der Waals surface area contributed by atoms with E-state index in [1.165, 1.54) is 0 Å². The van der Waals surface area contributed by atoms with Gasteiger partial charge in [0.25, 0.3) is 0 Å². The Morgan fingerprint density at radius 2 is 2.09 bits per heavy atom. The van der Waals surface area contributed by atoms with Gasteiger partial charge in [0.15, 0.2) is 0 Å². The van der Waals surface area contributed by atoms with Crippen LogP contribution < -0.4 is 5.32 Å². The van der Waals surface area contributed by atoms with Crippen LogP contribution in [0.25, 0.3) is 0 Å². The highest BCUT2D eigenvalue weighted by atomic mass is 16.1. The first-order valence-electron chi connectivity index (χ1n) is 3.46. The van der Waals surface area contributed by atoms with E-state index in [4.69, 9.17) is 0 Å². The SMILES string of the molecule is O=C1CCCN1.c1cn[nH]n1. The predicted molar refractivity (Wildman–Crippen MR) is 38.6 cm³/mol. The summed E-state index contributed by atoms with van der Waals surface area (Å²) in [7, 11) is 0. The zero-order chi connectivity index (χ0) is 7.94. The van der Waals surface area contributed by atoms with Gasteiger partial charge in [-0.1, -0.05) is 0 Å². The summed E-state index contributed by atoms with van der Waals surface area (Å²) < 4.78 is 0. The fraction of sp³-hybridized carbons (Fsp3) is 0.500. The van der Waals surface area contributed by atoms with Crippen LogP contribution in [-0.4, -0.2) is 27.9 Å². The van der Waals surface area contributed by atoms with Crippen LogP contribution in [0.1, 0.15) is 12.8 Å². The minimum Gasteiger partial charge on any atom is -0.356 e. The van der Waals surface area contributed by atoms with Crippen molar-refractivity contribution in [1.29, 1.82) is 0 Å². The first-order valence-corrected chi connectivity index (χ1v) is 3.46. The summed E-state index contributed by atoms with van der Waals surface area (Å²) in [4.78, 5) is 10.1. The number of hydrogen-bond acceptors (Lipinski definition) is 3. The van der Waals surface area contributed by atoms with Crippen molar-refractivity contribution < 1.29 is 4.79 Å². The van der Waals surface area contributed by atoms with Gasteiger partial charge in [0.05, 0.1) is 12.4 Å². The first-order chi connectivity index (χ1) is 5.39. The lowest BCUT2D eigenvalue weighted by Gasteiger charge is -1.80. The molecule has 0 saturated carbocycles. The second-order valence-electron chi connectivity index (χ2n) is 2.11. The summed E-state index contributed by atoms with van der Waals surface area (Å²) in [5, 5.41) is 12.0. The van der Waals surface area contributed by atoms with Crippen LogP contribution in [0, 0.1) is 0 Å². The molecule has 1 amide bonds. The number of rotatable bonds is 0. The Hall–Kier alpha value is -1.39. The molecule has 0 aromatic carbocycles. The Morgan fingerprint density at radius 1 is 1.36 bits per heavy atom. The van der Waals surface area contributed by atoms with Crippen molar-refractivity contribution in [3.05, 3.63) is 12.4 Å². The molecule has 60 valence electrons. The van der Waals surface area contributed by atoms with E-state index in [0.29, 0.717) is 0 Å². The van der Waals surface area contributed by atoms with Crippen LogP contribution in [0.3, 0.4) is 0 Å². The summed E-state index contributed by atoms with van der Waals surface area (Å²) in [5.74, 6) is 0.204. The van der Waals surface area contributed by atoms with E-state index in [-0.39, 0.29) is 5.91 Å². The lowest BCUT2D eigenvalue weighted by Crippen LogP contribution is -2.12. The van der Waals surface area contributed by atoms with Crippen LogP contribution >= 0.6 is 0 Å². The standard InChI is InChI=1S/C4H7NO.C2H3N3/c6-4-2-1-3-5-4;1-2-4-5-3-1/h1-3H2,(H,5,6);1-2H,(H,3,4,5). The van der Waals surface area contributed by atoms with Gasteiger partial charge in [-0.3, -0.25) is 4.79 Å². The fourth-order valence-corrected chi connectivity index (χ4v) is 0.732. The monoisotopic (exact) mass is 154 g/mol. The Morgan fingerprint density at radius 3 is 2.27 bits per heavy atom. The molecule has 11 heavy (non-hydrogen) atoms. The average Bonchev–Trinajstić information content (AvgIpc) is 2.57. The van der Waals surface area contributed by atoms with Crippen molar-refractivity contribution >= 4 is 5.91 Å². The predicted octanol–water partition coefficient (Wildman–Crippen LogP) is -0.299. The Labute approximate surface area is 64.2 Å². The molecule has 1 aliphatic heterocycles. The molecular formula is C6H10N4O. The fourth-order valence-electron chi connectivity index (χ4n) is 0.732. The topological polar surface area (TPSA) is 70.7 Å². The van der Waals surface area contributed by atoms with Crippen molar-refractivity contribution in [3.63, 3.8) is 0 Å². The normalized spacial score (nSPS) is 15.1. The molecule has 0 bridgehead atoms. The van der Waals surface area contributed by atoms with E-state index in [9.17, 15) is 4.79 Å². The van der Waals surface area contributed by atoms with Crippen LogP contribution in [0.15, 0.2) is 12.4 Å². The number of H-pyrrole nitrogens is 1. The van der Waals surface area contributed by atoms with E-state index in [2.05, 4.69) is 20.7 Å². The van der Waals surface area contributed by atoms with Crippen molar-refractivity contribution in [1.82, 2.24) is 20.7 Å². The van der Waals surface area contributed by atoms with E-state index in [1.807, 2.05) is 0 Å². The Kier molecular flexibility index (Phi) is 3.11. The van der Waals surface area contributed by atoms with Gasteiger partial charge < -0.3 is 5.32 Å². The summed E-state index contributed by atoms with van der Waals surface area (Å²) >= 11 is 0. The summed E-state index contributed by atoms with van der Waals surface area (Å²) in [6.45, 7) is 0.888. The van der Waals surface area contributed by atoms with Gasteiger partial charge >= 0.3 is 0 Å². The highest BCUT2D eigenvalue weighted by Gasteiger charge is 2.05. The third-order valence-electron chi connectivity index (χ3n) is 1.23. The molecule has 0 atom stereocenters. The third-order valence-corrected chi connectivity index (χ3v) is 1.23. The van der Waals surface area contributed by atoms with Crippen LogP contribution in [0.2, 0.25) is 0 Å². The van der Waals surface area contributed by atoms with E-state index in [0.717, 1.165) is 19.4 Å². The summed E-state index contributed by atoms with van der Waals surface area (Å²) in [6, 6.07) is 0. The molecule has 1 fully saturated rings. The number of nitrogens with zero attached hydrogens (tertiary/aromatic N) is 2. The molecule has 0 aliphatic carbocycles. The molecule has 1 aromatic rings.